The highest BCUT2D eigenvalue weighted by molar-refractivity contribution is 4.94. The standard InChI is InChI=1S/C15H27NO/c1-2-4-10-15(11-5-3-1)16-12-14(13-17-15)8-6-7-9-14/h16H,1-13H2. The molecule has 2 nitrogen and oxygen atoms in total. The van der Waals surface area contributed by atoms with Gasteiger partial charge < -0.3 is 4.74 Å². The highest BCUT2D eigenvalue weighted by atomic mass is 16.5. The Kier molecular flexibility index (Phi) is 3.45. The number of hydrogen-bond donors (Lipinski definition) is 1. The van der Waals surface area contributed by atoms with E-state index in [0.29, 0.717) is 5.41 Å². The molecule has 3 aliphatic rings. The molecule has 1 heterocycles. The van der Waals surface area contributed by atoms with Gasteiger partial charge in [0.05, 0.1) is 6.61 Å². The average Bonchev–Trinajstić information content (AvgIpc) is 2.77. The fourth-order valence-electron chi connectivity index (χ4n) is 3.99. The van der Waals surface area contributed by atoms with Crippen molar-refractivity contribution < 1.29 is 4.74 Å². The maximum atomic E-state index is 6.37. The van der Waals surface area contributed by atoms with Gasteiger partial charge in [0.25, 0.3) is 0 Å². The molecule has 1 aliphatic heterocycles. The molecule has 2 heteroatoms. The van der Waals surface area contributed by atoms with Crippen LogP contribution in [0.3, 0.4) is 0 Å². The van der Waals surface area contributed by atoms with Gasteiger partial charge in [-0.2, -0.15) is 0 Å². The van der Waals surface area contributed by atoms with Crippen LogP contribution in [0.25, 0.3) is 0 Å². The largest absolute Gasteiger partial charge is 0.360 e. The van der Waals surface area contributed by atoms with Crippen LogP contribution in [0.4, 0.5) is 0 Å². The number of rotatable bonds is 0. The maximum Gasteiger partial charge on any atom is 0.119 e. The van der Waals surface area contributed by atoms with Crippen molar-refractivity contribution in [3.05, 3.63) is 0 Å². The lowest BCUT2D eigenvalue weighted by molar-refractivity contribution is -0.155. The van der Waals surface area contributed by atoms with Crippen LogP contribution < -0.4 is 5.32 Å². The normalized spacial score (nSPS) is 32.5. The van der Waals surface area contributed by atoms with Gasteiger partial charge in [-0.15, -0.1) is 0 Å². The van der Waals surface area contributed by atoms with Gasteiger partial charge in [0.2, 0.25) is 0 Å². The fraction of sp³-hybridized carbons (Fsp3) is 1.00. The molecule has 2 saturated carbocycles. The summed E-state index contributed by atoms with van der Waals surface area (Å²) in [5, 5.41) is 3.81. The summed E-state index contributed by atoms with van der Waals surface area (Å²) in [7, 11) is 0. The van der Waals surface area contributed by atoms with Crippen LogP contribution in [-0.4, -0.2) is 18.9 Å². The first-order valence-corrected chi connectivity index (χ1v) is 7.72. The van der Waals surface area contributed by atoms with Gasteiger partial charge in [0.15, 0.2) is 0 Å². The summed E-state index contributed by atoms with van der Waals surface area (Å²) in [6.45, 7) is 2.24. The number of nitrogens with one attached hydrogen (secondary N) is 1. The Bertz CT molecular complexity index is 238. The molecule has 0 atom stereocenters. The van der Waals surface area contributed by atoms with Gasteiger partial charge in [-0.3, -0.25) is 5.32 Å². The van der Waals surface area contributed by atoms with Crippen LogP contribution in [0, 0.1) is 5.41 Å². The number of hydrogen-bond acceptors (Lipinski definition) is 2. The summed E-state index contributed by atoms with van der Waals surface area (Å²) in [5.74, 6) is 0. The molecule has 0 aromatic rings. The lowest BCUT2D eigenvalue weighted by Gasteiger charge is -2.47. The van der Waals surface area contributed by atoms with Gasteiger partial charge in [-0.25, -0.2) is 0 Å². The molecule has 1 N–H and O–H groups in total. The third-order valence-electron chi connectivity index (χ3n) is 5.27. The molecule has 2 aliphatic carbocycles. The van der Waals surface area contributed by atoms with Crippen LogP contribution >= 0.6 is 0 Å². The van der Waals surface area contributed by atoms with E-state index in [9.17, 15) is 0 Å². The SMILES string of the molecule is C1CCCC2(CCC1)NCC1(CCCC1)CO2. The molecule has 3 rings (SSSR count). The van der Waals surface area contributed by atoms with Crippen LogP contribution in [0.5, 0.6) is 0 Å². The molecule has 2 spiro atoms. The molecule has 0 aromatic heterocycles. The third-order valence-corrected chi connectivity index (χ3v) is 5.27. The van der Waals surface area contributed by atoms with E-state index in [2.05, 4.69) is 5.32 Å². The monoisotopic (exact) mass is 237 g/mol. The average molecular weight is 237 g/mol. The second kappa shape index (κ2) is 4.89. The minimum Gasteiger partial charge on any atom is -0.360 e. The van der Waals surface area contributed by atoms with Crippen LogP contribution in [0.15, 0.2) is 0 Å². The molecule has 1 saturated heterocycles. The van der Waals surface area contributed by atoms with Crippen molar-refractivity contribution in [1.29, 1.82) is 0 Å². The molecule has 0 radical (unpaired) electrons. The molecule has 98 valence electrons. The van der Waals surface area contributed by atoms with Crippen molar-refractivity contribution in [2.45, 2.75) is 76.4 Å². The summed E-state index contributed by atoms with van der Waals surface area (Å²) in [6.07, 6.45) is 15.0. The zero-order chi connectivity index (χ0) is 11.6. The van der Waals surface area contributed by atoms with Crippen molar-refractivity contribution in [2.24, 2.45) is 5.41 Å². The Hall–Kier alpha value is -0.0800. The van der Waals surface area contributed by atoms with Gasteiger partial charge >= 0.3 is 0 Å². The van der Waals surface area contributed by atoms with E-state index in [1.165, 1.54) is 77.2 Å². The Morgan fingerprint density at radius 3 is 1.88 bits per heavy atom. The second-order valence-corrected chi connectivity index (χ2v) is 6.61. The highest BCUT2D eigenvalue weighted by Crippen LogP contribution is 2.43. The fourth-order valence-corrected chi connectivity index (χ4v) is 3.99. The molecule has 0 bridgehead atoms. The Morgan fingerprint density at radius 1 is 0.706 bits per heavy atom. The Labute approximate surface area is 105 Å². The van der Waals surface area contributed by atoms with Gasteiger partial charge in [0.1, 0.15) is 5.72 Å². The minimum atomic E-state index is 0.0637. The van der Waals surface area contributed by atoms with Gasteiger partial charge in [0, 0.05) is 12.0 Å². The zero-order valence-corrected chi connectivity index (χ0v) is 11.1. The topological polar surface area (TPSA) is 21.3 Å². The van der Waals surface area contributed by atoms with Crippen LogP contribution in [0.2, 0.25) is 0 Å². The maximum absolute atomic E-state index is 6.37. The van der Waals surface area contributed by atoms with E-state index >= 15 is 0 Å². The number of ether oxygens (including phenoxy) is 1. The molecule has 0 amide bonds. The molecule has 3 fully saturated rings. The van der Waals surface area contributed by atoms with E-state index in [4.69, 9.17) is 4.74 Å². The van der Waals surface area contributed by atoms with Crippen molar-refractivity contribution in [3.63, 3.8) is 0 Å². The summed E-state index contributed by atoms with van der Waals surface area (Å²) >= 11 is 0. The summed E-state index contributed by atoms with van der Waals surface area (Å²) in [6, 6.07) is 0. The van der Waals surface area contributed by atoms with E-state index in [-0.39, 0.29) is 5.72 Å². The predicted octanol–water partition coefficient (Wildman–Crippen LogP) is 3.61. The Balaban J connectivity index is 1.61. The van der Waals surface area contributed by atoms with E-state index in [1.807, 2.05) is 0 Å². The van der Waals surface area contributed by atoms with Crippen molar-refractivity contribution >= 4 is 0 Å². The second-order valence-electron chi connectivity index (χ2n) is 6.61. The van der Waals surface area contributed by atoms with Crippen molar-refractivity contribution in [3.8, 4) is 0 Å². The first kappa shape index (κ1) is 12.0. The summed E-state index contributed by atoms with van der Waals surface area (Å²) < 4.78 is 6.37. The minimum absolute atomic E-state index is 0.0637. The molecular formula is C15H27NO. The van der Waals surface area contributed by atoms with Crippen LogP contribution in [0.1, 0.15) is 70.6 Å². The van der Waals surface area contributed by atoms with E-state index in [0.717, 1.165) is 6.61 Å². The summed E-state index contributed by atoms with van der Waals surface area (Å²) in [5.41, 5.74) is 0.571. The van der Waals surface area contributed by atoms with E-state index < -0.39 is 0 Å². The van der Waals surface area contributed by atoms with Gasteiger partial charge in [-0.1, -0.05) is 32.1 Å². The quantitative estimate of drug-likeness (QED) is 0.695. The van der Waals surface area contributed by atoms with Gasteiger partial charge in [-0.05, 0) is 38.5 Å². The first-order valence-electron chi connectivity index (χ1n) is 7.72. The summed E-state index contributed by atoms with van der Waals surface area (Å²) in [4.78, 5) is 0. The Morgan fingerprint density at radius 2 is 1.29 bits per heavy atom. The highest BCUT2D eigenvalue weighted by Gasteiger charge is 2.44. The molecule has 0 aromatic carbocycles. The predicted molar refractivity (Wildman–Crippen MR) is 69.9 cm³/mol. The lowest BCUT2D eigenvalue weighted by Crippen LogP contribution is -2.58. The molecule has 0 unspecified atom stereocenters. The smallest absolute Gasteiger partial charge is 0.119 e. The third kappa shape index (κ3) is 2.53. The van der Waals surface area contributed by atoms with E-state index in [1.54, 1.807) is 0 Å². The molecule has 17 heavy (non-hydrogen) atoms. The molecular weight excluding hydrogens is 210 g/mol. The van der Waals surface area contributed by atoms with Crippen LogP contribution in [-0.2, 0) is 4.74 Å². The van der Waals surface area contributed by atoms with Crippen molar-refractivity contribution in [2.75, 3.05) is 13.2 Å². The first-order chi connectivity index (χ1) is 8.33. The lowest BCUT2D eigenvalue weighted by atomic mass is 9.83. The zero-order valence-electron chi connectivity index (χ0n) is 11.1. The van der Waals surface area contributed by atoms with Crippen molar-refractivity contribution in [1.82, 2.24) is 5.32 Å².